The summed E-state index contributed by atoms with van der Waals surface area (Å²) in [5.74, 6) is 0. The molecule has 0 aliphatic carbocycles. The normalized spacial score (nSPS) is 12.4. The molecule has 1 rings (SSSR count). The van der Waals surface area contributed by atoms with Crippen molar-refractivity contribution in [3.8, 4) is 0 Å². The monoisotopic (exact) mass is 183 g/mol. The summed E-state index contributed by atoms with van der Waals surface area (Å²) in [6.45, 7) is 2.01. The van der Waals surface area contributed by atoms with Gasteiger partial charge in [-0.3, -0.25) is 4.79 Å². The SMILES string of the molecule is CCc1ccc(S(=O)C=O)nc1. The number of aryl methyl sites for hydroxylation is 1. The average Bonchev–Trinajstić information content (AvgIpc) is 2.17. The van der Waals surface area contributed by atoms with Crippen molar-refractivity contribution in [3.63, 3.8) is 0 Å². The Morgan fingerprint density at radius 1 is 1.58 bits per heavy atom. The van der Waals surface area contributed by atoms with Crippen LogP contribution in [-0.2, 0) is 22.0 Å². The summed E-state index contributed by atoms with van der Waals surface area (Å²) in [6, 6.07) is 3.44. The molecule has 1 aromatic heterocycles. The topological polar surface area (TPSA) is 47.0 Å². The summed E-state index contributed by atoms with van der Waals surface area (Å²) in [4.78, 5) is 14.0. The molecule has 0 N–H and O–H groups in total. The van der Waals surface area contributed by atoms with E-state index in [1.54, 1.807) is 12.3 Å². The third-order valence-electron chi connectivity index (χ3n) is 1.50. The molecule has 0 saturated heterocycles. The van der Waals surface area contributed by atoms with Crippen LogP contribution in [0.25, 0.3) is 0 Å². The average molecular weight is 183 g/mol. The molecule has 0 radical (unpaired) electrons. The van der Waals surface area contributed by atoms with Crippen LogP contribution in [0.3, 0.4) is 0 Å². The van der Waals surface area contributed by atoms with Crippen molar-refractivity contribution >= 4 is 16.4 Å². The van der Waals surface area contributed by atoms with Gasteiger partial charge < -0.3 is 0 Å². The number of hydrogen-bond donors (Lipinski definition) is 0. The van der Waals surface area contributed by atoms with Crippen molar-refractivity contribution in [2.45, 2.75) is 18.4 Å². The van der Waals surface area contributed by atoms with Crippen LogP contribution in [0.4, 0.5) is 0 Å². The second-order valence-corrected chi connectivity index (χ2v) is 3.46. The van der Waals surface area contributed by atoms with Crippen LogP contribution in [0.1, 0.15) is 12.5 Å². The molecular formula is C8H9NO2S. The zero-order valence-electron chi connectivity index (χ0n) is 6.69. The van der Waals surface area contributed by atoms with E-state index in [0.29, 0.717) is 10.6 Å². The van der Waals surface area contributed by atoms with Gasteiger partial charge in [0, 0.05) is 6.20 Å². The lowest BCUT2D eigenvalue weighted by Crippen LogP contribution is -1.95. The summed E-state index contributed by atoms with van der Waals surface area (Å²) in [5.41, 5.74) is 1.45. The molecule has 12 heavy (non-hydrogen) atoms. The Balaban J connectivity index is 2.91. The highest BCUT2D eigenvalue weighted by Crippen LogP contribution is 2.03. The van der Waals surface area contributed by atoms with Gasteiger partial charge in [0.15, 0.2) is 0 Å². The molecule has 0 amide bonds. The second-order valence-electron chi connectivity index (χ2n) is 2.25. The van der Waals surface area contributed by atoms with Gasteiger partial charge in [-0.2, -0.15) is 0 Å². The number of carbonyl (C=O) groups excluding carboxylic acids is 1. The predicted molar refractivity (Wildman–Crippen MR) is 46.8 cm³/mol. The highest BCUT2D eigenvalue weighted by Gasteiger charge is 2.01. The Morgan fingerprint density at radius 2 is 2.33 bits per heavy atom. The fraction of sp³-hybridized carbons (Fsp3) is 0.250. The third kappa shape index (κ3) is 1.98. The first-order valence-corrected chi connectivity index (χ1v) is 4.80. The van der Waals surface area contributed by atoms with E-state index in [0.717, 1.165) is 12.0 Å². The Hall–Kier alpha value is -1.03. The smallest absolute Gasteiger partial charge is 0.212 e. The summed E-state index contributed by atoms with van der Waals surface area (Å²) in [5, 5.41) is 0.321. The van der Waals surface area contributed by atoms with Crippen LogP contribution >= 0.6 is 0 Å². The standard InChI is InChI=1S/C8H9NO2S/c1-2-7-3-4-8(9-5-7)12(11)6-10/h3-6H,2H2,1H3. The van der Waals surface area contributed by atoms with Gasteiger partial charge in [-0.15, -0.1) is 0 Å². The van der Waals surface area contributed by atoms with Crippen LogP contribution in [0.15, 0.2) is 23.4 Å². The first kappa shape index (κ1) is 9.06. The lowest BCUT2D eigenvalue weighted by Gasteiger charge is -1.96. The lowest BCUT2D eigenvalue weighted by atomic mass is 10.2. The summed E-state index contributed by atoms with van der Waals surface area (Å²) < 4.78 is 10.9. The zero-order chi connectivity index (χ0) is 8.97. The van der Waals surface area contributed by atoms with E-state index in [9.17, 15) is 9.00 Å². The maximum Gasteiger partial charge on any atom is 0.212 e. The molecule has 0 aromatic carbocycles. The van der Waals surface area contributed by atoms with Crippen molar-refractivity contribution in [1.29, 1.82) is 0 Å². The molecule has 1 heterocycles. The van der Waals surface area contributed by atoms with Crippen molar-refractivity contribution in [2.75, 3.05) is 0 Å². The van der Waals surface area contributed by atoms with Crippen LogP contribution in [0.5, 0.6) is 0 Å². The second kappa shape index (κ2) is 4.11. The summed E-state index contributed by atoms with van der Waals surface area (Å²) >= 11 is 0. The zero-order valence-corrected chi connectivity index (χ0v) is 7.50. The molecule has 1 aromatic rings. The number of hydrogen-bond acceptors (Lipinski definition) is 3. The number of aromatic nitrogens is 1. The van der Waals surface area contributed by atoms with E-state index in [-0.39, 0.29) is 0 Å². The third-order valence-corrected chi connectivity index (χ3v) is 2.33. The van der Waals surface area contributed by atoms with Crippen molar-refractivity contribution in [3.05, 3.63) is 23.9 Å². The molecule has 1 unspecified atom stereocenters. The largest absolute Gasteiger partial charge is 0.288 e. The first-order valence-electron chi connectivity index (χ1n) is 3.58. The van der Waals surface area contributed by atoms with Crippen molar-refractivity contribution in [1.82, 2.24) is 4.98 Å². The Kier molecular flexibility index (Phi) is 3.10. The highest BCUT2D eigenvalue weighted by atomic mass is 32.2. The van der Waals surface area contributed by atoms with Crippen LogP contribution in [-0.4, -0.2) is 14.8 Å². The Labute approximate surface area is 73.3 Å². The van der Waals surface area contributed by atoms with Gasteiger partial charge in [-0.25, -0.2) is 9.19 Å². The maximum absolute atomic E-state index is 10.9. The van der Waals surface area contributed by atoms with Crippen LogP contribution < -0.4 is 0 Å². The minimum atomic E-state index is -1.59. The highest BCUT2D eigenvalue weighted by molar-refractivity contribution is 7.98. The van der Waals surface area contributed by atoms with E-state index in [1.807, 2.05) is 13.0 Å². The Bertz CT molecular complexity index is 294. The van der Waals surface area contributed by atoms with Crippen LogP contribution in [0.2, 0.25) is 0 Å². The number of rotatable bonds is 3. The number of nitrogens with zero attached hydrogens (tertiary/aromatic N) is 1. The quantitative estimate of drug-likeness (QED) is 0.655. The minimum absolute atomic E-state index is 0.321. The van der Waals surface area contributed by atoms with E-state index < -0.39 is 10.8 Å². The fourth-order valence-corrected chi connectivity index (χ4v) is 1.25. The van der Waals surface area contributed by atoms with E-state index in [1.165, 1.54) is 0 Å². The summed E-state index contributed by atoms with van der Waals surface area (Å²) in [7, 11) is -1.59. The molecule has 64 valence electrons. The van der Waals surface area contributed by atoms with E-state index in [4.69, 9.17) is 0 Å². The van der Waals surface area contributed by atoms with Gasteiger partial charge in [-0.1, -0.05) is 13.0 Å². The van der Waals surface area contributed by atoms with Crippen molar-refractivity contribution in [2.24, 2.45) is 0 Å². The fourth-order valence-electron chi connectivity index (χ4n) is 0.788. The predicted octanol–water partition coefficient (Wildman–Crippen LogP) is 0.942. The molecule has 0 aliphatic heterocycles. The molecule has 0 spiro atoms. The molecule has 0 fully saturated rings. The van der Waals surface area contributed by atoms with Gasteiger partial charge in [0.05, 0.1) is 0 Å². The molecule has 0 bridgehead atoms. The van der Waals surface area contributed by atoms with E-state index >= 15 is 0 Å². The van der Waals surface area contributed by atoms with Gasteiger partial charge >= 0.3 is 0 Å². The number of pyridine rings is 1. The Morgan fingerprint density at radius 3 is 2.75 bits per heavy atom. The molecule has 0 saturated carbocycles. The van der Waals surface area contributed by atoms with E-state index in [2.05, 4.69) is 4.98 Å². The summed E-state index contributed by atoms with van der Waals surface area (Å²) in [6.07, 6.45) is 2.53. The van der Waals surface area contributed by atoms with Crippen LogP contribution in [0, 0.1) is 0 Å². The molecular weight excluding hydrogens is 174 g/mol. The molecule has 4 heteroatoms. The molecule has 0 aliphatic rings. The van der Waals surface area contributed by atoms with Gasteiger partial charge in [0.25, 0.3) is 0 Å². The van der Waals surface area contributed by atoms with Gasteiger partial charge in [0.2, 0.25) is 5.62 Å². The lowest BCUT2D eigenvalue weighted by molar-refractivity contribution is 0.566. The van der Waals surface area contributed by atoms with Gasteiger partial charge in [-0.05, 0) is 18.1 Å². The maximum atomic E-state index is 10.9. The molecule has 3 nitrogen and oxygen atoms in total. The van der Waals surface area contributed by atoms with Gasteiger partial charge in [0.1, 0.15) is 15.8 Å². The minimum Gasteiger partial charge on any atom is -0.288 e. The van der Waals surface area contributed by atoms with Crippen molar-refractivity contribution < 1.29 is 9.00 Å². The number of carbonyl (C=O) groups is 1. The first-order chi connectivity index (χ1) is 5.77. The molecule has 1 atom stereocenters.